The van der Waals surface area contributed by atoms with Gasteiger partial charge in [-0.25, -0.2) is 0 Å². The molecule has 2 N–H and O–H groups in total. The van der Waals surface area contributed by atoms with Crippen LogP contribution in [0.1, 0.15) is 12.5 Å². The van der Waals surface area contributed by atoms with Crippen LogP contribution in [-0.4, -0.2) is 43.7 Å². The Morgan fingerprint density at radius 1 is 1.23 bits per heavy atom. The van der Waals surface area contributed by atoms with Crippen molar-refractivity contribution in [1.29, 1.82) is 0 Å². The van der Waals surface area contributed by atoms with E-state index in [1.54, 1.807) is 18.9 Å². The minimum Gasteiger partial charge on any atom is -0.491 e. The number of anilines is 1. The third kappa shape index (κ3) is 7.08. The molecule has 0 aliphatic carbocycles. The van der Waals surface area contributed by atoms with E-state index in [4.69, 9.17) is 16.3 Å². The number of hydrogen-bond donors (Lipinski definition) is 2. The summed E-state index contributed by atoms with van der Waals surface area (Å²) in [4.78, 5) is 0. The second-order valence-electron chi connectivity index (χ2n) is 6.52. The molecule has 0 aromatic heterocycles. The molecule has 6 heteroatoms. The second-order valence-corrected chi connectivity index (χ2v) is 7.87. The molecular weight excluding hydrogens is 368 g/mol. The van der Waals surface area contributed by atoms with E-state index in [9.17, 15) is 5.11 Å². The van der Waals surface area contributed by atoms with Gasteiger partial charge in [0.25, 0.3) is 0 Å². The highest BCUT2D eigenvalue weighted by atomic mass is 35.5. The third-order valence-electron chi connectivity index (χ3n) is 4.01. The molecule has 0 saturated carbocycles. The third-order valence-corrected chi connectivity index (χ3v) is 5.00. The Hall–Kier alpha value is -1.40. The van der Waals surface area contributed by atoms with Crippen LogP contribution in [0.25, 0.3) is 0 Å². The molecule has 1 unspecified atom stereocenters. The normalized spacial score (nSPS) is 13.3. The molecule has 0 radical (unpaired) electrons. The van der Waals surface area contributed by atoms with Gasteiger partial charge in [-0.1, -0.05) is 35.7 Å². The summed E-state index contributed by atoms with van der Waals surface area (Å²) >= 11 is 7.63. The number of hydrogen-bond acceptors (Lipinski definition) is 5. The smallest absolute Gasteiger partial charge is 0.119 e. The molecule has 2 rings (SSSR count). The molecule has 0 aliphatic heterocycles. The van der Waals surface area contributed by atoms with Gasteiger partial charge >= 0.3 is 0 Å². The fourth-order valence-electron chi connectivity index (χ4n) is 2.43. The first-order valence-electron chi connectivity index (χ1n) is 8.58. The van der Waals surface area contributed by atoms with Crippen molar-refractivity contribution in [2.75, 3.05) is 37.3 Å². The Morgan fingerprint density at radius 2 is 1.96 bits per heavy atom. The molecule has 2 aromatic rings. The molecule has 0 heterocycles. The minimum atomic E-state index is -0.941. The maximum Gasteiger partial charge on any atom is 0.119 e. The van der Waals surface area contributed by atoms with Crippen molar-refractivity contribution < 1.29 is 9.84 Å². The average molecular weight is 395 g/mol. The average Bonchev–Trinajstić information content (AvgIpc) is 2.63. The lowest BCUT2D eigenvalue weighted by molar-refractivity contribution is 0.0125. The molecule has 0 bridgehead atoms. The summed E-state index contributed by atoms with van der Waals surface area (Å²) in [7, 11) is 2.01. The number of nitrogens with one attached hydrogen (secondary N) is 1. The Morgan fingerprint density at radius 3 is 2.62 bits per heavy atom. The van der Waals surface area contributed by atoms with Gasteiger partial charge in [-0.2, -0.15) is 0 Å². The van der Waals surface area contributed by atoms with Crippen molar-refractivity contribution in [3.63, 3.8) is 0 Å². The van der Waals surface area contributed by atoms with Crippen LogP contribution < -0.4 is 14.4 Å². The number of benzene rings is 2. The van der Waals surface area contributed by atoms with Crippen molar-refractivity contribution in [1.82, 2.24) is 5.32 Å². The van der Waals surface area contributed by atoms with Crippen molar-refractivity contribution in [3.8, 4) is 5.75 Å². The summed E-state index contributed by atoms with van der Waals surface area (Å²) < 4.78 is 7.81. The van der Waals surface area contributed by atoms with Crippen molar-refractivity contribution >= 4 is 29.2 Å². The summed E-state index contributed by atoms with van der Waals surface area (Å²) in [5.74, 6) is 0.752. The lowest BCUT2D eigenvalue weighted by Gasteiger charge is -2.24. The maximum absolute atomic E-state index is 10.5. The zero-order valence-electron chi connectivity index (χ0n) is 15.5. The van der Waals surface area contributed by atoms with Gasteiger partial charge in [-0.3, -0.25) is 0 Å². The van der Waals surface area contributed by atoms with Crippen LogP contribution in [0, 0.1) is 0 Å². The van der Waals surface area contributed by atoms with Crippen LogP contribution in [0.5, 0.6) is 5.75 Å². The van der Waals surface area contributed by atoms with Gasteiger partial charge in [0.1, 0.15) is 18.0 Å². The van der Waals surface area contributed by atoms with E-state index in [0.29, 0.717) is 6.54 Å². The van der Waals surface area contributed by atoms with Crippen LogP contribution in [0.3, 0.4) is 0 Å². The summed E-state index contributed by atoms with van der Waals surface area (Å²) in [5, 5.41) is 14.5. The molecule has 1 atom stereocenters. The predicted octanol–water partition coefficient (Wildman–Crippen LogP) is 4.02. The van der Waals surface area contributed by atoms with Crippen molar-refractivity contribution in [2.45, 2.75) is 18.9 Å². The van der Waals surface area contributed by atoms with Gasteiger partial charge in [0.05, 0.1) is 0 Å². The number of rotatable bonds is 10. The van der Waals surface area contributed by atoms with E-state index in [1.165, 1.54) is 5.56 Å². The Bertz CT molecular complexity index is 680. The fourth-order valence-corrected chi connectivity index (χ4v) is 2.98. The van der Waals surface area contributed by atoms with Crippen LogP contribution in [0.4, 0.5) is 5.69 Å². The maximum atomic E-state index is 10.5. The highest BCUT2D eigenvalue weighted by Gasteiger charge is 2.21. The summed E-state index contributed by atoms with van der Waals surface area (Å²) in [6, 6.07) is 15.7. The van der Waals surface area contributed by atoms with Crippen LogP contribution in [0.15, 0.2) is 48.5 Å². The lowest BCUT2D eigenvalue weighted by Crippen LogP contribution is -2.43. The van der Waals surface area contributed by atoms with Gasteiger partial charge in [0, 0.05) is 30.6 Å². The SMILES string of the molecule is CSN(C)c1ccc(OCC(C)(O)CNCCc2cccc(Cl)c2)cc1. The molecule has 4 nitrogen and oxygen atoms in total. The van der Waals surface area contributed by atoms with Gasteiger partial charge in [0.15, 0.2) is 0 Å². The van der Waals surface area contributed by atoms with Gasteiger partial charge in [-0.15, -0.1) is 0 Å². The number of halogens is 1. The monoisotopic (exact) mass is 394 g/mol. The van der Waals surface area contributed by atoms with E-state index in [1.807, 2.05) is 61.8 Å². The summed E-state index contributed by atoms with van der Waals surface area (Å²) in [6.07, 6.45) is 2.89. The molecular formula is C20H27ClN2O2S. The number of aliphatic hydroxyl groups is 1. The lowest BCUT2D eigenvalue weighted by atomic mass is 10.1. The predicted molar refractivity (Wildman–Crippen MR) is 113 cm³/mol. The van der Waals surface area contributed by atoms with E-state index < -0.39 is 5.60 Å². The van der Waals surface area contributed by atoms with Crippen LogP contribution in [0.2, 0.25) is 5.02 Å². The van der Waals surface area contributed by atoms with E-state index in [2.05, 4.69) is 9.62 Å². The zero-order chi connectivity index (χ0) is 19.0. The Kier molecular flexibility index (Phi) is 8.10. The van der Waals surface area contributed by atoms with Gasteiger partial charge in [-0.05, 0) is 61.9 Å². The van der Waals surface area contributed by atoms with Gasteiger partial charge < -0.3 is 19.5 Å². The van der Waals surface area contributed by atoms with E-state index in [0.717, 1.165) is 29.4 Å². The Balaban J connectivity index is 1.72. The summed E-state index contributed by atoms with van der Waals surface area (Å²) in [6.45, 7) is 3.23. The highest BCUT2D eigenvalue weighted by molar-refractivity contribution is 7.99. The standard InChI is InChI=1S/C20H27ClN2O2S/c1-20(24,14-22-12-11-16-5-4-6-17(21)13-16)15-25-19-9-7-18(8-10-19)23(2)26-3/h4-10,13,22,24H,11-12,14-15H2,1-3H3. The molecule has 0 saturated heterocycles. The van der Waals surface area contributed by atoms with E-state index in [-0.39, 0.29) is 6.61 Å². The van der Waals surface area contributed by atoms with E-state index >= 15 is 0 Å². The van der Waals surface area contributed by atoms with Crippen LogP contribution >= 0.6 is 23.5 Å². The minimum absolute atomic E-state index is 0.231. The highest BCUT2D eigenvalue weighted by Crippen LogP contribution is 2.22. The first kappa shape index (κ1) is 20.9. The molecule has 0 amide bonds. The summed E-state index contributed by atoms with van der Waals surface area (Å²) in [5.41, 5.74) is 1.35. The van der Waals surface area contributed by atoms with Crippen LogP contribution in [-0.2, 0) is 6.42 Å². The molecule has 142 valence electrons. The van der Waals surface area contributed by atoms with Crippen molar-refractivity contribution in [2.24, 2.45) is 0 Å². The zero-order valence-corrected chi connectivity index (χ0v) is 17.1. The largest absolute Gasteiger partial charge is 0.491 e. The number of nitrogens with zero attached hydrogens (tertiary/aromatic N) is 1. The first-order valence-corrected chi connectivity index (χ1v) is 10.1. The fraction of sp³-hybridized carbons (Fsp3) is 0.400. The molecule has 26 heavy (non-hydrogen) atoms. The van der Waals surface area contributed by atoms with Crippen molar-refractivity contribution in [3.05, 3.63) is 59.1 Å². The van der Waals surface area contributed by atoms with Gasteiger partial charge in [0.2, 0.25) is 0 Å². The molecule has 2 aromatic carbocycles. The Labute approximate surface area is 165 Å². The molecule has 0 fully saturated rings. The first-order chi connectivity index (χ1) is 12.4. The number of ether oxygens (including phenoxy) is 1. The topological polar surface area (TPSA) is 44.7 Å². The molecule has 0 spiro atoms. The second kappa shape index (κ2) is 10.1. The quantitative estimate of drug-likeness (QED) is 0.470. The molecule has 0 aliphatic rings.